The Labute approximate surface area is 108 Å². The van der Waals surface area contributed by atoms with Gasteiger partial charge in [0.15, 0.2) is 0 Å². The Hall–Kier alpha value is -1.52. The zero-order valence-corrected chi connectivity index (χ0v) is 11.6. The second-order valence-electron chi connectivity index (χ2n) is 5.29. The van der Waals surface area contributed by atoms with Crippen molar-refractivity contribution in [2.75, 3.05) is 10.6 Å². The third-order valence-electron chi connectivity index (χ3n) is 3.40. The smallest absolute Gasteiger partial charge is 0.226 e. The van der Waals surface area contributed by atoms with Gasteiger partial charge in [0.1, 0.15) is 11.5 Å². The zero-order chi connectivity index (χ0) is 13.3. The number of nitrogens with one attached hydrogen (secondary N) is 2. The first-order valence-electron chi connectivity index (χ1n) is 6.65. The van der Waals surface area contributed by atoms with Gasteiger partial charge in [-0.2, -0.15) is 5.10 Å². The summed E-state index contributed by atoms with van der Waals surface area (Å²) in [4.78, 5) is 11.9. The van der Waals surface area contributed by atoms with E-state index in [1.165, 1.54) is 0 Å². The highest BCUT2D eigenvalue weighted by molar-refractivity contribution is 5.96. The van der Waals surface area contributed by atoms with Crippen molar-refractivity contribution in [3.05, 3.63) is 5.69 Å². The largest absolute Gasteiger partial charge is 0.365 e. The monoisotopic (exact) mass is 250 g/mol. The van der Waals surface area contributed by atoms with Crippen molar-refractivity contribution >= 4 is 17.4 Å². The predicted octanol–water partition coefficient (Wildman–Crippen LogP) is 2.15. The Morgan fingerprint density at radius 3 is 2.83 bits per heavy atom. The highest BCUT2D eigenvalue weighted by Gasteiger charge is 2.27. The van der Waals surface area contributed by atoms with E-state index in [9.17, 15) is 4.79 Å². The molecule has 1 unspecified atom stereocenters. The fourth-order valence-corrected chi connectivity index (χ4v) is 2.31. The van der Waals surface area contributed by atoms with E-state index in [2.05, 4.69) is 36.5 Å². The quantitative estimate of drug-likeness (QED) is 0.864. The molecule has 0 radical (unpaired) electrons. The lowest BCUT2D eigenvalue weighted by Gasteiger charge is -2.20. The Morgan fingerprint density at radius 1 is 1.50 bits per heavy atom. The van der Waals surface area contributed by atoms with E-state index in [0.717, 1.165) is 30.0 Å². The number of fused-ring (bicyclic) bond motifs is 1. The minimum Gasteiger partial charge on any atom is -0.365 e. The van der Waals surface area contributed by atoms with Crippen LogP contribution < -0.4 is 10.6 Å². The van der Waals surface area contributed by atoms with Gasteiger partial charge in [0.2, 0.25) is 5.91 Å². The highest BCUT2D eigenvalue weighted by Crippen LogP contribution is 2.31. The molecule has 2 heterocycles. The van der Waals surface area contributed by atoms with Crippen LogP contribution in [0, 0.1) is 5.92 Å². The van der Waals surface area contributed by atoms with Gasteiger partial charge in [-0.15, -0.1) is 0 Å². The summed E-state index contributed by atoms with van der Waals surface area (Å²) in [6.07, 6.45) is 2.42. The fourth-order valence-electron chi connectivity index (χ4n) is 2.31. The number of rotatable bonds is 3. The predicted molar refractivity (Wildman–Crippen MR) is 72.7 cm³/mol. The van der Waals surface area contributed by atoms with Gasteiger partial charge in [-0.3, -0.25) is 9.48 Å². The van der Waals surface area contributed by atoms with Crippen LogP contribution >= 0.6 is 0 Å². The summed E-state index contributed by atoms with van der Waals surface area (Å²) < 4.78 is 1.83. The molecule has 0 saturated carbocycles. The molecule has 18 heavy (non-hydrogen) atoms. The summed E-state index contributed by atoms with van der Waals surface area (Å²) in [7, 11) is 1.92. The van der Waals surface area contributed by atoms with Crippen molar-refractivity contribution in [3.63, 3.8) is 0 Å². The summed E-state index contributed by atoms with van der Waals surface area (Å²) in [6.45, 7) is 6.36. The van der Waals surface area contributed by atoms with E-state index in [1.807, 2.05) is 11.7 Å². The Kier molecular flexibility index (Phi) is 3.59. The van der Waals surface area contributed by atoms with Gasteiger partial charge in [-0.1, -0.05) is 27.2 Å². The summed E-state index contributed by atoms with van der Waals surface area (Å²) in [5.41, 5.74) is 1.84. The first kappa shape index (κ1) is 12.9. The second-order valence-corrected chi connectivity index (χ2v) is 5.29. The van der Waals surface area contributed by atoms with Gasteiger partial charge in [0.25, 0.3) is 0 Å². The average molecular weight is 250 g/mol. The van der Waals surface area contributed by atoms with E-state index >= 15 is 0 Å². The topological polar surface area (TPSA) is 59.0 Å². The van der Waals surface area contributed by atoms with Crippen LogP contribution in [0.3, 0.4) is 0 Å². The molecule has 1 atom stereocenters. The zero-order valence-electron chi connectivity index (χ0n) is 11.6. The number of carbonyl (C=O) groups excluding carboxylic acids is 1. The van der Waals surface area contributed by atoms with Crippen molar-refractivity contribution in [2.24, 2.45) is 13.0 Å². The van der Waals surface area contributed by atoms with E-state index in [4.69, 9.17) is 0 Å². The van der Waals surface area contributed by atoms with Crippen LogP contribution in [0.2, 0.25) is 0 Å². The summed E-state index contributed by atoms with van der Waals surface area (Å²) in [6, 6.07) is 0.163. The number of hydrogen-bond acceptors (Lipinski definition) is 3. The minimum absolute atomic E-state index is 0.0744. The molecule has 0 aromatic carbocycles. The molecule has 1 aliphatic rings. The van der Waals surface area contributed by atoms with E-state index in [1.54, 1.807) is 0 Å². The Bertz CT molecular complexity index is 450. The molecule has 5 heteroatoms. The lowest BCUT2D eigenvalue weighted by Crippen LogP contribution is -2.28. The maximum absolute atomic E-state index is 11.9. The van der Waals surface area contributed by atoms with Gasteiger partial charge in [-0.05, 0) is 12.3 Å². The number of carbonyl (C=O) groups is 1. The number of amides is 1. The van der Waals surface area contributed by atoms with Gasteiger partial charge in [0, 0.05) is 19.5 Å². The van der Waals surface area contributed by atoms with Gasteiger partial charge in [0.05, 0.1) is 5.69 Å². The molecule has 2 N–H and O–H groups in total. The molecule has 0 saturated heterocycles. The molecule has 1 aromatic rings. The molecule has 1 aliphatic heterocycles. The average Bonchev–Trinajstić information content (AvgIpc) is 2.49. The van der Waals surface area contributed by atoms with Gasteiger partial charge < -0.3 is 10.6 Å². The molecular formula is C13H22N4O. The van der Waals surface area contributed by atoms with Crippen LogP contribution in [0.4, 0.5) is 11.5 Å². The number of aromatic nitrogens is 2. The van der Waals surface area contributed by atoms with Crippen molar-refractivity contribution in [1.82, 2.24) is 9.78 Å². The molecule has 5 nitrogen and oxygen atoms in total. The number of anilines is 2. The lowest BCUT2D eigenvalue weighted by molar-refractivity contribution is -0.116. The minimum atomic E-state index is 0.0744. The Balaban J connectivity index is 2.38. The van der Waals surface area contributed by atoms with E-state index < -0.39 is 0 Å². The summed E-state index contributed by atoms with van der Waals surface area (Å²) >= 11 is 0. The molecule has 0 bridgehead atoms. The fraction of sp³-hybridized carbons (Fsp3) is 0.692. The normalized spacial score (nSPS) is 19.2. The molecule has 1 amide bonds. The van der Waals surface area contributed by atoms with Crippen LogP contribution in [0.15, 0.2) is 0 Å². The molecular weight excluding hydrogens is 228 g/mol. The van der Waals surface area contributed by atoms with Gasteiger partial charge in [-0.25, -0.2) is 0 Å². The lowest BCUT2D eigenvalue weighted by atomic mass is 10.0. The van der Waals surface area contributed by atoms with Crippen molar-refractivity contribution in [3.8, 4) is 0 Å². The molecule has 2 rings (SSSR count). The van der Waals surface area contributed by atoms with Crippen LogP contribution in [-0.2, 0) is 18.3 Å². The van der Waals surface area contributed by atoms with E-state index in [-0.39, 0.29) is 11.9 Å². The summed E-state index contributed by atoms with van der Waals surface area (Å²) in [5, 5.41) is 10.9. The number of nitrogens with zero attached hydrogens (tertiary/aromatic N) is 2. The molecule has 100 valence electrons. The number of aryl methyl sites for hydroxylation is 2. The van der Waals surface area contributed by atoms with Crippen molar-refractivity contribution in [2.45, 2.75) is 46.1 Å². The third-order valence-corrected chi connectivity index (χ3v) is 3.40. The maximum Gasteiger partial charge on any atom is 0.226 e. The molecule has 0 fully saturated rings. The number of hydrogen-bond donors (Lipinski definition) is 2. The second kappa shape index (κ2) is 5.00. The van der Waals surface area contributed by atoms with E-state index in [0.29, 0.717) is 12.3 Å². The third kappa shape index (κ3) is 2.35. The molecule has 0 aliphatic carbocycles. The first-order valence-corrected chi connectivity index (χ1v) is 6.65. The standard InChI is InChI=1S/C13H22N4O/c1-5-6-9-12-13(17(4)16-9)14-10(8(2)3)7-11(18)15-12/h8,10,14H,5-7H2,1-4H3,(H,15,18). The SMILES string of the molecule is CCCc1nn(C)c2c1NC(=O)CC(C(C)C)N2. The molecule has 0 spiro atoms. The molecule has 1 aromatic heterocycles. The summed E-state index contributed by atoms with van der Waals surface area (Å²) in [5.74, 6) is 1.42. The van der Waals surface area contributed by atoms with Gasteiger partial charge >= 0.3 is 0 Å². The van der Waals surface area contributed by atoms with Crippen molar-refractivity contribution in [1.29, 1.82) is 0 Å². The highest BCUT2D eigenvalue weighted by atomic mass is 16.1. The van der Waals surface area contributed by atoms with Crippen LogP contribution in [0.5, 0.6) is 0 Å². The van der Waals surface area contributed by atoms with Crippen LogP contribution in [0.1, 0.15) is 39.3 Å². The first-order chi connectivity index (χ1) is 8.52. The van der Waals surface area contributed by atoms with Crippen molar-refractivity contribution < 1.29 is 4.79 Å². The maximum atomic E-state index is 11.9. The van der Waals surface area contributed by atoms with Crippen LogP contribution in [-0.4, -0.2) is 21.7 Å². The van der Waals surface area contributed by atoms with Crippen LogP contribution in [0.25, 0.3) is 0 Å². The Morgan fingerprint density at radius 2 is 2.22 bits per heavy atom.